The molecule has 0 aliphatic carbocycles. The summed E-state index contributed by atoms with van der Waals surface area (Å²) in [6.45, 7) is 8.96. The van der Waals surface area contributed by atoms with Crippen molar-refractivity contribution in [2.75, 3.05) is 13.2 Å². The molecule has 2 atom stereocenters. The first-order valence-corrected chi connectivity index (χ1v) is 22.9. The van der Waals surface area contributed by atoms with Gasteiger partial charge in [-0.25, -0.2) is 0 Å². The number of carbonyl (C=O) groups excluding carboxylic acids is 3. The zero-order valence-electron chi connectivity index (χ0n) is 35.3. The Bertz CT molecular complexity index is 783. The van der Waals surface area contributed by atoms with Crippen LogP contribution in [0.2, 0.25) is 0 Å². The second-order valence-corrected chi connectivity index (χ2v) is 15.9. The van der Waals surface area contributed by atoms with Gasteiger partial charge in [0.25, 0.3) is 0 Å². The molecule has 0 aliphatic heterocycles. The van der Waals surface area contributed by atoms with E-state index in [4.69, 9.17) is 14.2 Å². The summed E-state index contributed by atoms with van der Waals surface area (Å²) in [5.41, 5.74) is 0. The van der Waals surface area contributed by atoms with E-state index in [9.17, 15) is 14.4 Å². The summed E-state index contributed by atoms with van der Waals surface area (Å²) < 4.78 is 16.6. The monoisotopic (exact) mass is 737 g/mol. The lowest BCUT2D eigenvalue weighted by atomic mass is 9.99. The first-order valence-electron chi connectivity index (χ1n) is 22.9. The molecule has 52 heavy (non-hydrogen) atoms. The molecule has 6 nitrogen and oxygen atoms in total. The Hall–Kier alpha value is -1.59. The van der Waals surface area contributed by atoms with Crippen LogP contribution in [0.3, 0.4) is 0 Å². The lowest BCUT2D eigenvalue weighted by Gasteiger charge is -2.18. The average Bonchev–Trinajstić information content (AvgIpc) is 3.14. The summed E-state index contributed by atoms with van der Waals surface area (Å²) in [7, 11) is 0. The minimum Gasteiger partial charge on any atom is -0.462 e. The molecule has 0 N–H and O–H groups in total. The molecule has 0 radical (unpaired) electrons. The molecular formula is C46H88O6. The van der Waals surface area contributed by atoms with Gasteiger partial charge in [0.2, 0.25) is 0 Å². The van der Waals surface area contributed by atoms with Crippen molar-refractivity contribution < 1.29 is 28.6 Å². The van der Waals surface area contributed by atoms with E-state index in [0.29, 0.717) is 19.3 Å². The third-order valence-electron chi connectivity index (χ3n) is 10.7. The third kappa shape index (κ3) is 38.1. The molecular weight excluding hydrogens is 648 g/mol. The molecule has 0 fully saturated rings. The summed E-state index contributed by atoms with van der Waals surface area (Å²) in [5, 5.41) is 0. The Morgan fingerprint density at radius 3 is 1.00 bits per heavy atom. The van der Waals surface area contributed by atoms with E-state index >= 15 is 0 Å². The van der Waals surface area contributed by atoms with Gasteiger partial charge in [0, 0.05) is 19.3 Å². The second-order valence-electron chi connectivity index (χ2n) is 15.9. The van der Waals surface area contributed by atoms with Crippen LogP contribution in [-0.4, -0.2) is 37.2 Å². The molecule has 1 unspecified atom stereocenters. The molecule has 6 heteroatoms. The second kappa shape index (κ2) is 40.6. The lowest BCUT2D eigenvalue weighted by Crippen LogP contribution is -2.30. The normalized spacial score (nSPS) is 12.5. The van der Waals surface area contributed by atoms with Gasteiger partial charge in [-0.3, -0.25) is 14.4 Å². The Balaban J connectivity index is 4.13. The molecule has 0 saturated carbocycles. The van der Waals surface area contributed by atoms with Crippen LogP contribution in [0.5, 0.6) is 0 Å². The van der Waals surface area contributed by atoms with Crippen molar-refractivity contribution >= 4 is 17.9 Å². The van der Waals surface area contributed by atoms with Crippen LogP contribution in [0.1, 0.15) is 252 Å². The topological polar surface area (TPSA) is 78.9 Å². The van der Waals surface area contributed by atoms with Crippen molar-refractivity contribution in [3.8, 4) is 0 Å². The van der Waals surface area contributed by atoms with Gasteiger partial charge in [-0.2, -0.15) is 0 Å². The van der Waals surface area contributed by atoms with Crippen LogP contribution in [0.15, 0.2) is 0 Å². The highest BCUT2D eigenvalue weighted by Gasteiger charge is 2.19. The largest absolute Gasteiger partial charge is 0.462 e. The number of hydrogen-bond donors (Lipinski definition) is 0. The van der Waals surface area contributed by atoms with E-state index in [1.54, 1.807) is 0 Å². The van der Waals surface area contributed by atoms with Gasteiger partial charge >= 0.3 is 17.9 Å². The summed E-state index contributed by atoms with van der Waals surface area (Å²) in [6, 6.07) is 0. The van der Waals surface area contributed by atoms with Crippen molar-refractivity contribution in [2.24, 2.45) is 5.92 Å². The standard InChI is InChI=1S/C46H88O6/c1-5-8-10-12-13-14-19-24-27-31-35-39-46(49)52-43(40-50-44(47)37-33-28-11-9-6-2)41-51-45(48)38-34-30-26-23-21-18-16-15-17-20-22-25-29-32-36-42(4)7-3/h42-43H,5-41H2,1-4H3/t42?,43-/m1/s1. The van der Waals surface area contributed by atoms with Gasteiger partial charge in [0.1, 0.15) is 13.2 Å². The van der Waals surface area contributed by atoms with Gasteiger partial charge in [-0.1, -0.05) is 214 Å². The number of unbranched alkanes of at least 4 members (excludes halogenated alkanes) is 27. The van der Waals surface area contributed by atoms with Crippen molar-refractivity contribution in [3.05, 3.63) is 0 Å². The Labute approximate surface area is 323 Å². The van der Waals surface area contributed by atoms with Crippen molar-refractivity contribution in [1.29, 1.82) is 0 Å². The minimum absolute atomic E-state index is 0.0646. The smallest absolute Gasteiger partial charge is 0.306 e. The number of ether oxygens (including phenoxy) is 3. The predicted molar refractivity (Wildman–Crippen MR) is 220 cm³/mol. The maximum atomic E-state index is 12.6. The Kier molecular flexibility index (Phi) is 39.4. The third-order valence-corrected chi connectivity index (χ3v) is 10.7. The van der Waals surface area contributed by atoms with E-state index in [2.05, 4.69) is 27.7 Å². The molecule has 0 saturated heterocycles. The molecule has 0 spiro atoms. The fourth-order valence-electron chi connectivity index (χ4n) is 6.77. The fourth-order valence-corrected chi connectivity index (χ4v) is 6.77. The molecule has 0 aromatic carbocycles. The summed E-state index contributed by atoms with van der Waals surface area (Å²) in [4.78, 5) is 37.4. The zero-order chi connectivity index (χ0) is 38.2. The van der Waals surface area contributed by atoms with Crippen molar-refractivity contribution in [1.82, 2.24) is 0 Å². The van der Waals surface area contributed by atoms with Gasteiger partial charge in [-0.15, -0.1) is 0 Å². The number of hydrogen-bond acceptors (Lipinski definition) is 6. The van der Waals surface area contributed by atoms with E-state index in [-0.39, 0.29) is 31.1 Å². The molecule has 0 heterocycles. The van der Waals surface area contributed by atoms with Crippen LogP contribution in [0.4, 0.5) is 0 Å². The summed E-state index contributed by atoms with van der Waals surface area (Å²) in [5.74, 6) is 0.0274. The number of rotatable bonds is 41. The number of carbonyl (C=O) groups is 3. The summed E-state index contributed by atoms with van der Waals surface area (Å²) in [6.07, 6.45) is 39.7. The maximum absolute atomic E-state index is 12.6. The molecule has 0 aromatic heterocycles. The highest BCUT2D eigenvalue weighted by Crippen LogP contribution is 2.17. The van der Waals surface area contributed by atoms with Crippen LogP contribution < -0.4 is 0 Å². The molecule has 0 amide bonds. The van der Waals surface area contributed by atoms with Crippen LogP contribution in [0.25, 0.3) is 0 Å². The maximum Gasteiger partial charge on any atom is 0.306 e. The number of esters is 3. The van der Waals surface area contributed by atoms with Gasteiger partial charge < -0.3 is 14.2 Å². The van der Waals surface area contributed by atoms with E-state index in [1.165, 1.54) is 141 Å². The van der Waals surface area contributed by atoms with Gasteiger partial charge in [-0.05, 0) is 25.2 Å². The fraction of sp³-hybridized carbons (Fsp3) is 0.935. The zero-order valence-corrected chi connectivity index (χ0v) is 35.3. The van der Waals surface area contributed by atoms with Crippen molar-refractivity contribution in [2.45, 2.75) is 259 Å². The van der Waals surface area contributed by atoms with E-state index in [1.807, 2.05) is 0 Å². The van der Waals surface area contributed by atoms with Crippen LogP contribution >= 0.6 is 0 Å². The quantitative estimate of drug-likeness (QED) is 0.0353. The molecule has 0 aromatic rings. The van der Waals surface area contributed by atoms with E-state index < -0.39 is 6.10 Å². The highest BCUT2D eigenvalue weighted by molar-refractivity contribution is 5.71. The first kappa shape index (κ1) is 50.4. The Morgan fingerprint density at radius 1 is 0.385 bits per heavy atom. The summed E-state index contributed by atoms with van der Waals surface area (Å²) >= 11 is 0. The molecule has 0 aliphatic rings. The predicted octanol–water partition coefficient (Wildman–Crippen LogP) is 14.3. The molecule has 308 valence electrons. The Morgan fingerprint density at radius 2 is 0.673 bits per heavy atom. The van der Waals surface area contributed by atoms with Gasteiger partial charge in [0.15, 0.2) is 6.10 Å². The SMILES string of the molecule is CCCCCCCCCCCCCC(=O)O[C@H](COC(=O)CCCCCCC)COC(=O)CCCCCCCCCCCCCCCCC(C)CC. The average molecular weight is 737 g/mol. The first-order chi connectivity index (χ1) is 25.4. The minimum atomic E-state index is -0.757. The van der Waals surface area contributed by atoms with Crippen LogP contribution in [0, 0.1) is 5.92 Å². The van der Waals surface area contributed by atoms with Crippen molar-refractivity contribution in [3.63, 3.8) is 0 Å². The highest BCUT2D eigenvalue weighted by atomic mass is 16.6. The van der Waals surface area contributed by atoms with E-state index in [0.717, 1.165) is 70.1 Å². The van der Waals surface area contributed by atoms with Crippen LogP contribution in [-0.2, 0) is 28.6 Å². The van der Waals surface area contributed by atoms with Gasteiger partial charge in [0.05, 0.1) is 0 Å². The lowest BCUT2D eigenvalue weighted by molar-refractivity contribution is -0.167. The molecule has 0 rings (SSSR count). The molecule has 0 bridgehead atoms.